The van der Waals surface area contributed by atoms with E-state index in [0.29, 0.717) is 29.0 Å². The number of hydrogen-bond donors (Lipinski definition) is 4. The van der Waals surface area contributed by atoms with Crippen LogP contribution in [0.4, 0.5) is 24.5 Å². The number of halogens is 3. The number of nitrogens with zero attached hydrogens (tertiary/aromatic N) is 3. The number of amides is 1. The third-order valence-corrected chi connectivity index (χ3v) is 7.67. The number of carbonyl (C=O) groups excluding carboxylic acids is 2. The summed E-state index contributed by atoms with van der Waals surface area (Å²) in [6.07, 6.45) is -3.06. The number of benzene rings is 2. The average molecular weight is 664 g/mol. The SMILES string of the molecule is CNC(=O)c1cc2c(cc1N(C)C)CN(CC(=O)c1cc(N3CCCC3)c(OCC(=O)O)c(C(C)(C)C)c1)C2=N.O=C(O)C(F)(F)F. The van der Waals surface area contributed by atoms with Gasteiger partial charge in [-0.2, -0.15) is 13.2 Å². The van der Waals surface area contributed by atoms with E-state index in [1.165, 1.54) is 0 Å². The van der Waals surface area contributed by atoms with Crippen LogP contribution < -0.4 is 19.9 Å². The maximum absolute atomic E-state index is 13.8. The monoisotopic (exact) mass is 663 g/mol. The molecular formula is C32H40F3N5O7. The van der Waals surface area contributed by atoms with E-state index in [1.807, 2.05) is 45.8 Å². The topological polar surface area (TPSA) is 164 Å². The Bertz CT molecular complexity index is 1560. The fraction of sp³-hybridized carbons (Fsp3) is 0.469. The number of carboxylic acid groups (broad SMARTS) is 2. The number of hydrogen-bond acceptors (Lipinski definition) is 8. The quantitative estimate of drug-likeness (QED) is 0.287. The number of alkyl halides is 3. The van der Waals surface area contributed by atoms with E-state index in [1.54, 1.807) is 30.1 Å². The first-order chi connectivity index (χ1) is 21.8. The van der Waals surface area contributed by atoms with Gasteiger partial charge in [-0.25, -0.2) is 9.59 Å². The molecule has 0 aliphatic carbocycles. The number of ether oxygens (including phenoxy) is 1. The molecule has 4 rings (SSSR count). The van der Waals surface area contributed by atoms with Crippen LogP contribution >= 0.6 is 0 Å². The van der Waals surface area contributed by atoms with Crippen molar-refractivity contribution in [2.75, 3.05) is 57.2 Å². The average Bonchev–Trinajstić information content (AvgIpc) is 3.62. The van der Waals surface area contributed by atoms with E-state index < -0.39 is 30.1 Å². The molecule has 4 N–H and O–H groups in total. The smallest absolute Gasteiger partial charge is 0.479 e. The van der Waals surface area contributed by atoms with Crippen molar-refractivity contribution >= 4 is 40.8 Å². The number of carbonyl (C=O) groups is 4. The maximum Gasteiger partial charge on any atom is 0.490 e. The first-order valence-electron chi connectivity index (χ1n) is 14.8. The van der Waals surface area contributed by atoms with Crippen LogP contribution in [0.2, 0.25) is 0 Å². The van der Waals surface area contributed by atoms with Gasteiger partial charge in [-0.05, 0) is 48.1 Å². The lowest BCUT2D eigenvalue weighted by Gasteiger charge is -2.29. The number of fused-ring (bicyclic) bond motifs is 1. The van der Waals surface area contributed by atoms with Crippen molar-refractivity contribution in [3.63, 3.8) is 0 Å². The highest BCUT2D eigenvalue weighted by molar-refractivity contribution is 6.09. The van der Waals surface area contributed by atoms with E-state index in [9.17, 15) is 32.7 Å². The molecule has 256 valence electrons. The largest absolute Gasteiger partial charge is 0.490 e. The molecule has 15 heteroatoms. The highest BCUT2D eigenvalue weighted by Crippen LogP contribution is 2.42. The Morgan fingerprint density at radius 2 is 1.62 bits per heavy atom. The summed E-state index contributed by atoms with van der Waals surface area (Å²) in [5, 5.41) is 27.9. The van der Waals surface area contributed by atoms with Crippen LogP contribution in [0.1, 0.15) is 71.0 Å². The lowest BCUT2D eigenvalue weighted by atomic mass is 9.84. The number of rotatable bonds is 9. The summed E-state index contributed by atoms with van der Waals surface area (Å²) >= 11 is 0. The minimum absolute atomic E-state index is 0.00152. The molecule has 2 aliphatic heterocycles. The molecule has 2 aromatic carbocycles. The zero-order valence-electron chi connectivity index (χ0n) is 27.2. The Balaban J connectivity index is 0.000000771. The van der Waals surface area contributed by atoms with E-state index in [2.05, 4.69) is 10.2 Å². The van der Waals surface area contributed by atoms with Gasteiger partial charge in [-0.15, -0.1) is 0 Å². The number of amidine groups is 1. The summed E-state index contributed by atoms with van der Waals surface area (Å²) in [7, 11) is 5.31. The minimum Gasteiger partial charge on any atom is -0.479 e. The van der Waals surface area contributed by atoms with E-state index in [4.69, 9.17) is 20.0 Å². The molecule has 1 saturated heterocycles. The summed E-state index contributed by atoms with van der Waals surface area (Å²) in [4.78, 5) is 52.3. The second-order valence-corrected chi connectivity index (χ2v) is 12.4. The third kappa shape index (κ3) is 8.71. The maximum atomic E-state index is 13.8. The van der Waals surface area contributed by atoms with Crippen LogP contribution in [0.5, 0.6) is 5.75 Å². The number of nitrogens with one attached hydrogen (secondary N) is 2. The zero-order valence-corrected chi connectivity index (χ0v) is 27.2. The van der Waals surface area contributed by atoms with Crippen molar-refractivity contribution in [2.24, 2.45) is 0 Å². The molecule has 2 aromatic rings. The van der Waals surface area contributed by atoms with Gasteiger partial charge in [0.25, 0.3) is 5.91 Å². The van der Waals surface area contributed by atoms with E-state index in [0.717, 1.165) is 48.4 Å². The molecule has 12 nitrogen and oxygen atoms in total. The van der Waals surface area contributed by atoms with Crippen LogP contribution in [-0.4, -0.2) is 98.1 Å². The summed E-state index contributed by atoms with van der Waals surface area (Å²) in [6, 6.07) is 7.26. The third-order valence-electron chi connectivity index (χ3n) is 7.67. The van der Waals surface area contributed by atoms with Gasteiger partial charge < -0.3 is 35.0 Å². The Morgan fingerprint density at radius 3 is 2.11 bits per heavy atom. The van der Waals surface area contributed by atoms with E-state index >= 15 is 0 Å². The summed E-state index contributed by atoms with van der Waals surface area (Å²) in [5.41, 5.74) is 4.36. The number of anilines is 2. The molecule has 2 aliphatic rings. The zero-order chi connectivity index (χ0) is 35.4. The normalized spacial score (nSPS) is 14.3. The van der Waals surface area contributed by atoms with Gasteiger partial charge >= 0.3 is 18.1 Å². The van der Waals surface area contributed by atoms with Crippen molar-refractivity contribution in [3.05, 3.63) is 52.1 Å². The predicted octanol–water partition coefficient (Wildman–Crippen LogP) is 4.13. The Morgan fingerprint density at radius 1 is 1.02 bits per heavy atom. The van der Waals surface area contributed by atoms with Crippen molar-refractivity contribution in [3.8, 4) is 5.75 Å². The van der Waals surface area contributed by atoms with Gasteiger partial charge in [0.2, 0.25) is 0 Å². The molecule has 0 radical (unpaired) electrons. The van der Waals surface area contributed by atoms with Crippen molar-refractivity contribution < 1.29 is 47.3 Å². The lowest BCUT2D eigenvalue weighted by Crippen LogP contribution is -2.31. The molecule has 0 spiro atoms. The molecule has 0 unspecified atom stereocenters. The van der Waals surface area contributed by atoms with Crippen LogP contribution in [0.25, 0.3) is 0 Å². The second kappa shape index (κ2) is 14.3. The molecule has 47 heavy (non-hydrogen) atoms. The molecule has 1 amide bonds. The summed E-state index contributed by atoms with van der Waals surface area (Å²) in [6.45, 7) is 7.56. The molecule has 0 aromatic heterocycles. The highest BCUT2D eigenvalue weighted by Gasteiger charge is 2.38. The van der Waals surface area contributed by atoms with Crippen LogP contribution in [0.15, 0.2) is 24.3 Å². The molecule has 0 saturated carbocycles. The predicted molar refractivity (Wildman–Crippen MR) is 169 cm³/mol. The minimum atomic E-state index is -5.08. The Labute approximate surface area is 270 Å². The summed E-state index contributed by atoms with van der Waals surface area (Å²) in [5.74, 6) is -3.48. The first-order valence-corrected chi connectivity index (χ1v) is 14.8. The van der Waals surface area contributed by atoms with Gasteiger partial charge in [0, 0.05) is 63.2 Å². The van der Waals surface area contributed by atoms with Crippen LogP contribution in [0.3, 0.4) is 0 Å². The molecule has 0 atom stereocenters. The number of ketones is 1. The van der Waals surface area contributed by atoms with Crippen LogP contribution in [0, 0.1) is 5.41 Å². The van der Waals surface area contributed by atoms with Gasteiger partial charge in [-0.3, -0.25) is 15.0 Å². The van der Waals surface area contributed by atoms with Crippen molar-refractivity contribution in [1.82, 2.24) is 10.2 Å². The molecular weight excluding hydrogens is 623 g/mol. The van der Waals surface area contributed by atoms with Crippen molar-refractivity contribution in [2.45, 2.75) is 51.7 Å². The molecule has 0 bridgehead atoms. The van der Waals surface area contributed by atoms with Gasteiger partial charge in [-0.1, -0.05) is 20.8 Å². The highest BCUT2D eigenvalue weighted by atomic mass is 19.4. The number of carboxylic acids is 2. The Hall–Kier alpha value is -4.82. The molecule has 2 heterocycles. The summed E-state index contributed by atoms with van der Waals surface area (Å²) < 4.78 is 37.6. The van der Waals surface area contributed by atoms with Crippen LogP contribution in [-0.2, 0) is 21.5 Å². The standard InChI is InChI=1S/C30H39N5O5.C2HF3O2/c1-30(2,3)22-11-18(12-24(34-9-7-8-10-34)27(22)40-17-26(37)38)25(36)16-35-15-19-13-23(33(5)6)21(29(39)32-4)14-20(19)28(35)31;3-2(4,5)1(6)7/h11-14,31H,7-10,15-17H2,1-6H3,(H,32,39)(H,37,38);(H,6,7). The van der Waals surface area contributed by atoms with Gasteiger partial charge in [0.1, 0.15) is 11.6 Å². The van der Waals surface area contributed by atoms with Gasteiger partial charge in [0.15, 0.2) is 12.4 Å². The molecule has 1 fully saturated rings. The lowest BCUT2D eigenvalue weighted by molar-refractivity contribution is -0.192. The first kappa shape index (κ1) is 36.6. The number of aliphatic carboxylic acids is 2. The van der Waals surface area contributed by atoms with Gasteiger partial charge in [0.05, 0.1) is 17.8 Å². The van der Waals surface area contributed by atoms with E-state index in [-0.39, 0.29) is 24.1 Å². The number of Topliss-reactive ketones (excluding diaryl/α,β-unsaturated/α-hetero) is 1. The second-order valence-electron chi connectivity index (χ2n) is 12.4. The Kier molecular flexibility index (Phi) is 11.2. The fourth-order valence-electron chi connectivity index (χ4n) is 5.33. The van der Waals surface area contributed by atoms with Crippen molar-refractivity contribution in [1.29, 1.82) is 5.41 Å². The fourth-order valence-corrected chi connectivity index (χ4v) is 5.33.